The van der Waals surface area contributed by atoms with Crippen LogP contribution >= 0.6 is 23.1 Å². The maximum Gasteiger partial charge on any atom is 0.231 e. The van der Waals surface area contributed by atoms with Crippen molar-refractivity contribution >= 4 is 34.8 Å². The van der Waals surface area contributed by atoms with E-state index in [0.29, 0.717) is 29.3 Å². The van der Waals surface area contributed by atoms with E-state index in [2.05, 4.69) is 10.3 Å². The molecule has 7 nitrogen and oxygen atoms in total. The molecule has 0 spiro atoms. The van der Waals surface area contributed by atoms with Crippen molar-refractivity contribution in [1.82, 2.24) is 10.3 Å². The maximum absolute atomic E-state index is 12.5. The first kappa shape index (κ1) is 22.2. The molecule has 1 aliphatic heterocycles. The second-order valence-corrected chi connectivity index (χ2v) is 9.09. The molecular formula is C23H22N2O5S2. The zero-order chi connectivity index (χ0) is 22.3. The molecule has 0 saturated carbocycles. The second-order valence-electron chi connectivity index (χ2n) is 7.01. The molecule has 9 heteroatoms. The fourth-order valence-corrected chi connectivity index (χ4v) is 4.82. The molecule has 0 saturated heterocycles. The summed E-state index contributed by atoms with van der Waals surface area (Å²) in [5.41, 5.74) is 2.41. The Bertz CT molecular complexity index is 1100. The number of Topliss-reactive ketones (excluding diaryl/α,β-unsaturated/α-hetero) is 1. The number of carbonyl (C=O) groups is 2. The Hall–Kier alpha value is -3.04. The normalized spacial score (nSPS) is 11.9. The molecule has 0 fully saturated rings. The van der Waals surface area contributed by atoms with Gasteiger partial charge in [0, 0.05) is 17.5 Å². The highest BCUT2D eigenvalue weighted by atomic mass is 32.2. The lowest BCUT2D eigenvalue weighted by atomic mass is 10.1. The van der Waals surface area contributed by atoms with Gasteiger partial charge in [-0.1, -0.05) is 23.9 Å². The predicted molar refractivity (Wildman–Crippen MR) is 123 cm³/mol. The van der Waals surface area contributed by atoms with Crippen molar-refractivity contribution in [2.75, 3.05) is 26.2 Å². The number of fused-ring (bicyclic) bond motifs is 1. The van der Waals surface area contributed by atoms with Crippen molar-refractivity contribution in [2.24, 2.45) is 0 Å². The first-order valence-electron chi connectivity index (χ1n) is 10.0. The van der Waals surface area contributed by atoms with Crippen molar-refractivity contribution < 1.29 is 23.8 Å². The van der Waals surface area contributed by atoms with Gasteiger partial charge in [-0.2, -0.15) is 0 Å². The Morgan fingerprint density at radius 1 is 1.16 bits per heavy atom. The van der Waals surface area contributed by atoms with Crippen molar-refractivity contribution in [3.63, 3.8) is 0 Å². The summed E-state index contributed by atoms with van der Waals surface area (Å²) >= 11 is 2.80. The molecule has 0 atom stereocenters. The van der Waals surface area contributed by atoms with Gasteiger partial charge in [0.15, 0.2) is 21.6 Å². The molecule has 1 aliphatic rings. The van der Waals surface area contributed by atoms with Crippen LogP contribution in [0.1, 0.15) is 21.6 Å². The lowest BCUT2D eigenvalue weighted by Gasteiger charge is -2.05. The number of thioether (sulfide) groups is 1. The topological polar surface area (TPSA) is 86.8 Å². The number of methoxy groups -OCH3 is 1. The summed E-state index contributed by atoms with van der Waals surface area (Å²) in [5.74, 6) is 2.24. The van der Waals surface area contributed by atoms with Gasteiger partial charge in [-0.25, -0.2) is 4.98 Å². The number of aromatic nitrogens is 1. The van der Waals surface area contributed by atoms with Crippen molar-refractivity contribution in [2.45, 2.75) is 17.2 Å². The van der Waals surface area contributed by atoms with Crippen LogP contribution in [0.15, 0.2) is 52.2 Å². The average Bonchev–Trinajstić information content (AvgIpc) is 3.46. The number of rotatable bonds is 10. The summed E-state index contributed by atoms with van der Waals surface area (Å²) in [5, 5.41) is 4.78. The van der Waals surface area contributed by atoms with E-state index in [0.717, 1.165) is 22.1 Å². The van der Waals surface area contributed by atoms with Gasteiger partial charge < -0.3 is 19.5 Å². The Balaban J connectivity index is 1.20. The monoisotopic (exact) mass is 470 g/mol. The van der Waals surface area contributed by atoms with Crippen LogP contribution in [-0.2, 0) is 17.6 Å². The summed E-state index contributed by atoms with van der Waals surface area (Å²) < 4.78 is 16.5. The first-order chi connectivity index (χ1) is 15.6. The number of nitrogens with zero attached hydrogens (tertiary/aromatic N) is 1. The minimum absolute atomic E-state index is 0.0127. The first-order valence-corrected chi connectivity index (χ1v) is 11.9. The Morgan fingerprint density at radius 2 is 1.97 bits per heavy atom. The molecule has 2 aromatic carbocycles. The zero-order valence-electron chi connectivity index (χ0n) is 17.5. The standard InChI is InChI=1S/C23H22N2O5S2/c1-28-18-5-2-15(3-6-18)8-9-24-22(27)11-17-12-31-23(25-17)32-13-19(26)16-4-7-20-21(10-16)30-14-29-20/h2-7,10,12H,8-9,11,13-14H2,1H3,(H,24,27). The molecule has 166 valence electrons. The van der Waals surface area contributed by atoms with Crippen LogP contribution in [0, 0.1) is 0 Å². The highest BCUT2D eigenvalue weighted by molar-refractivity contribution is 8.01. The number of hydrogen-bond acceptors (Lipinski definition) is 8. The summed E-state index contributed by atoms with van der Waals surface area (Å²) in [4.78, 5) is 29.1. The van der Waals surface area contributed by atoms with Gasteiger partial charge in [0.1, 0.15) is 5.75 Å². The second kappa shape index (κ2) is 10.5. The van der Waals surface area contributed by atoms with Crippen LogP contribution in [-0.4, -0.2) is 42.9 Å². The van der Waals surface area contributed by atoms with Gasteiger partial charge in [0.25, 0.3) is 0 Å². The minimum Gasteiger partial charge on any atom is -0.497 e. The van der Waals surface area contributed by atoms with Gasteiger partial charge in [0.05, 0.1) is 25.0 Å². The number of thiazole rings is 1. The van der Waals surface area contributed by atoms with Crippen molar-refractivity contribution in [1.29, 1.82) is 0 Å². The maximum atomic E-state index is 12.5. The summed E-state index contributed by atoms with van der Waals surface area (Å²) in [6.45, 7) is 0.736. The average molecular weight is 471 g/mol. The number of nitrogens with one attached hydrogen (secondary N) is 1. The number of ketones is 1. The Morgan fingerprint density at radius 3 is 2.78 bits per heavy atom. The van der Waals surface area contributed by atoms with Crippen LogP contribution in [0.5, 0.6) is 17.2 Å². The summed E-state index contributed by atoms with van der Waals surface area (Å²) in [7, 11) is 1.63. The fourth-order valence-electron chi connectivity index (χ4n) is 3.08. The van der Waals surface area contributed by atoms with Crippen LogP contribution < -0.4 is 19.5 Å². The number of hydrogen-bond donors (Lipinski definition) is 1. The van der Waals surface area contributed by atoms with Crippen LogP contribution in [0.3, 0.4) is 0 Å². The Labute approximate surface area is 194 Å². The zero-order valence-corrected chi connectivity index (χ0v) is 19.1. The van der Waals surface area contributed by atoms with Gasteiger partial charge in [-0.15, -0.1) is 11.3 Å². The smallest absolute Gasteiger partial charge is 0.231 e. The Kier molecular flexibility index (Phi) is 7.28. The quantitative estimate of drug-likeness (QED) is 0.357. The molecule has 1 amide bonds. The van der Waals surface area contributed by atoms with Gasteiger partial charge in [-0.05, 0) is 42.3 Å². The number of benzene rings is 2. The molecule has 2 heterocycles. The van der Waals surface area contributed by atoms with E-state index in [1.54, 1.807) is 25.3 Å². The molecule has 0 unspecified atom stereocenters. The highest BCUT2D eigenvalue weighted by Gasteiger charge is 2.17. The van der Waals surface area contributed by atoms with E-state index >= 15 is 0 Å². The third-order valence-electron chi connectivity index (χ3n) is 4.79. The van der Waals surface area contributed by atoms with E-state index in [-0.39, 0.29) is 30.7 Å². The van der Waals surface area contributed by atoms with E-state index in [4.69, 9.17) is 14.2 Å². The van der Waals surface area contributed by atoms with E-state index in [1.807, 2.05) is 29.6 Å². The highest BCUT2D eigenvalue weighted by Crippen LogP contribution is 2.33. The van der Waals surface area contributed by atoms with Crippen molar-refractivity contribution in [3.05, 3.63) is 64.7 Å². The molecule has 0 radical (unpaired) electrons. The van der Waals surface area contributed by atoms with Gasteiger partial charge in [-0.3, -0.25) is 9.59 Å². The van der Waals surface area contributed by atoms with Gasteiger partial charge in [0.2, 0.25) is 12.7 Å². The summed E-state index contributed by atoms with van der Waals surface area (Å²) in [6, 6.07) is 13.0. The summed E-state index contributed by atoms with van der Waals surface area (Å²) in [6.07, 6.45) is 0.964. The van der Waals surface area contributed by atoms with Crippen LogP contribution in [0.2, 0.25) is 0 Å². The molecule has 0 aliphatic carbocycles. The molecule has 32 heavy (non-hydrogen) atoms. The molecule has 1 aromatic heterocycles. The molecule has 1 N–H and O–H groups in total. The van der Waals surface area contributed by atoms with Crippen LogP contribution in [0.4, 0.5) is 0 Å². The number of amides is 1. The lowest BCUT2D eigenvalue weighted by Crippen LogP contribution is -2.27. The SMILES string of the molecule is COc1ccc(CCNC(=O)Cc2csc(SCC(=O)c3ccc4c(c3)OCO4)n2)cc1. The fraction of sp³-hybridized carbons (Fsp3) is 0.261. The molecule has 4 rings (SSSR count). The van der Waals surface area contributed by atoms with Gasteiger partial charge >= 0.3 is 0 Å². The predicted octanol–water partition coefficient (Wildman–Crippen LogP) is 3.76. The van der Waals surface area contributed by atoms with Crippen molar-refractivity contribution in [3.8, 4) is 17.2 Å². The number of carbonyl (C=O) groups excluding carboxylic acids is 2. The van der Waals surface area contributed by atoms with E-state index in [9.17, 15) is 9.59 Å². The lowest BCUT2D eigenvalue weighted by molar-refractivity contribution is -0.120. The number of ether oxygens (including phenoxy) is 3. The van der Waals surface area contributed by atoms with E-state index in [1.165, 1.54) is 23.1 Å². The third kappa shape index (κ3) is 5.80. The third-order valence-corrected chi connectivity index (χ3v) is 6.86. The minimum atomic E-state index is -0.0724. The molecular weight excluding hydrogens is 448 g/mol. The van der Waals surface area contributed by atoms with Crippen LogP contribution in [0.25, 0.3) is 0 Å². The largest absolute Gasteiger partial charge is 0.497 e. The molecule has 0 bridgehead atoms. The molecule has 3 aromatic rings. The van der Waals surface area contributed by atoms with E-state index < -0.39 is 0 Å².